The maximum atomic E-state index is 12.5. The summed E-state index contributed by atoms with van der Waals surface area (Å²) in [6, 6.07) is 8.63. The van der Waals surface area contributed by atoms with Crippen LogP contribution < -0.4 is 0 Å². The Morgan fingerprint density at radius 3 is 2.78 bits per heavy atom. The van der Waals surface area contributed by atoms with Crippen molar-refractivity contribution in [1.29, 1.82) is 0 Å². The molecule has 8 heteroatoms. The molecule has 7 nitrogen and oxygen atoms in total. The number of hydrogen-bond acceptors (Lipinski definition) is 6. The van der Waals surface area contributed by atoms with Gasteiger partial charge in [0.2, 0.25) is 0 Å². The van der Waals surface area contributed by atoms with E-state index in [1.54, 1.807) is 6.20 Å². The van der Waals surface area contributed by atoms with Crippen LogP contribution in [0.1, 0.15) is 54.1 Å². The number of amides is 1. The molecule has 0 saturated carbocycles. The smallest absolute Gasteiger partial charge is 0.275 e. The van der Waals surface area contributed by atoms with Crippen LogP contribution in [0.15, 0.2) is 30.5 Å². The molecule has 1 amide bonds. The quantitative estimate of drug-likeness (QED) is 0.694. The zero-order valence-electron chi connectivity index (χ0n) is 15.0. The number of carbonyl (C=O) groups is 1. The highest BCUT2D eigenvalue weighted by Gasteiger charge is 2.31. The molecule has 1 atom stereocenters. The van der Waals surface area contributed by atoms with Gasteiger partial charge in [-0.25, -0.2) is 4.98 Å². The molecule has 1 unspecified atom stereocenters. The van der Waals surface area contributed by atoms with Gasteiger partial charge in [-0.3, -0.25) is 4.79 Å². The van der Waals surface area contributed by atoms with Gasteiger partial charge < -0.3 is 14.2 Å². The Balaban J connectivity index is 1.41. The predicted molar refractivity (Wildman–Crippen MR) is 102 cm³/mol. The van der Waals surface area contributed by atoms with Crippen molar-refractivity contribution in [1.82, 2.24) is 23.2 Å². The van der Waals surface area contributed by atoms with Gasteiger partial charge in [-0.15, -0.1) is 0 Å². The number of para-hydroxylation sites is 2. The van der Waals surface area contributed by atoms with E-state index in [1.165, 1.54) is 0 Å². The highest BCUT2D eigenvalue weighted by atomic mass is 32.1. The number of piperidine rings is 1. The monoisotopic (exact) mass is 383 g/mol. The summed E-state index contributed by atoms with van der Waals surface area (Å²) >= 11 is 1.07. The molecule has 4 heterocycles. The minimum atomic E-state index is -0.0166. The molecule has 2 aromatic heterocycles. The van der Waals surface area contributed by atoms with E-state index in [0.717, 1.165) is 74.0 Å². The second-order valence-electron chi connectivity index (χ2n) is 7.15. The number of imidazole rings is 1. The third-order valence-corrected chi connectivity index (χ3v) is 6.02. The zero-order valence-corrected chi connectivity index (χ0v) is 15.8. The molecule has 0 bridgehead atoms. The summed E-state index contributed by atoms with van der Waals surface area (Å²) in [7, 11) is 0. The Morgan fingerprint density at radius 1 is 1.19 bits per heavy atom. The third kappa shape index (κ3) is 3.02. The fraction of sp³-hybridized carbons (Fsp3) is 0.474. The van der Waals surface area contributed by atoms with Gasteiger partial charge in [-0.05, 0) is 37.8 Å². The van der Waals surface area contributed by atoms with Crippen molar-refractivity contribution >= 4 is 28.7 Å². The van der Waals surface area contributed by atoms with Crippen LogP contribution in [0, 0.1) is 0 Å². The van der Waals surface area contributed by atoms with Gasteiger partial charge in [0.05, 0.1) is 29.0 Å². The number of nitrogens with zero attached hydrogens (tertiary/aromatic N) is 5. The van der Waals surface area contributed by atoms with Gasteiger partial charge in [0.1, 0.15) is 11.9 Å². The van der Waals surface area contributed by atoms with E-state index in [-0.39, 0.29) is 12.0 Å². The second-order valence-corrected chi connectivity index (χ2v) is 7.70. The summed E-state index contributed by atoms with van der Waals surface area (Å²) in [5, 5.41) is 0. The number of ether oxygens (including phenoxy) is 1. The minimum absolute atomic E-state index is 0.0166. The first-order chi connectivity index (χ1) is 13.3. The number of hydrogen-bond donors (Lipinski definition) is 0. The van der Waals surface area contributed by atoms with E-state index < -0.39 is 0 Å². The van der Waals surface area contributed by atoms with E-state index >= 15 is 0 Å². The molecule has 3 aromatic rings. The molecule has 1 aromatic carbocycles. The van der Waals surface area contributed by atoms with Gasteiger partial charge >= 0.3 is 0 Å². The van der Waals surface area contributed by atoms with Crippen LogP contribution in [-0.2, 0) is 4.74 Å². The lowest BCUT2D eigenvalue weighted by Gasteiger charge is -2.33. The lowest BCUT2D eigenvalue weighted by atomic mass is 10.0. The van der Waals surface area contributed by atoms with E-state index in [9.17, 15) is 4.79 Å². The molecule has 5 rings (SSSR count). The number of aromatic nitrogens is 4. The van der Waals surface area contributed by atoms with Crippen molar-refractivity contribution in [3.63, 3.8) is 0 Å². The Bertz CT molecular complexity index is 940. The van der Waals surface area contributed by atoms with Gasteiger partial charge in [-0.2, -0.15) is 8.75 Å². The highest BCUT2D eigenvalue weighted by molar-refractivity contribution is 6.99. The topological polar surface area (TPSA) is 73.1 Å². The van der Waals surface area contributed by atoms with Crippen molar-refractivity contribution in [2.75, 3.05) is 19.7 Å². The summed E-state index contributed by atoms with van der Waals surface area (Å²) < 4.78 is 16.3. The second kappa shape index (κ2) is 7.01. The summed E-state index contributed by atoms with van der Waals surface area (Å²) in [5.74, 6) is 1.03. The molecule has 140 valence electrons. The molecule has 27 heavy (non-hydrogen) atoms. The number of carbonyl (C=O) groups excluding carboxylic acids is 1. The van der Waals surface area contributed by atoms with Gasteiger partial charge in [0.25, 0.3) is 5.91 Å². The summed E-state index contributed by atoms with van der Waals surface area (Å²) in [5.41, 5.74) is 2.64. The molecular weight excluding hydrogens is 362 g/mol. The average Bonchev–Trinajstić information content (AvgIpc) is 3.48. The summed E-state index contributed by atoms with van der Waals surface area (Å²) in [4.78, 5) is 19.3. The van der Waals surface area contributed by atoms with Crippen molar-refractivity contribution in [2.45, 2.75) is 37.8 Å². The van der Waals surface area contributed by atoms with Gasteiger partial charge in [-0.1, -0.05) is 12.1 Å². The standard InChI is InChI=1S/C19H21N5O2S/c25-19(15-12-20-27-22-15)23-9-7-13(8-10-23)24-16-5-2-1-4-14(16)21-18(24)17-6-3-11-26-17/h1-2,4-5,12-13,17H,3,6-11H2. The van der Waals surface area contributed by atoms with Crippen LogP contribution >= 0.6 is 11.7 Å². The van der Waals surface area contributed by atoms with Gasteiger partial charge in [0, 0.05) is 25.7 Å². The van der Waals surface area contributed by atoms with Crippen LogP contribution in [0.4, 0.5) is 0 Å². The molecule has 2 saturated heterocycles. The fourth-order valence-corrected chi connectivity index (χ4v) is 4.61. The zero-order chi connectivity index (χ0) is 18.2. The maximum absolute atomic E-state index is 12.5. The van der Waals surface area contributed by atoms with Crippen LogP contribution in [0.25, 0.3) is 11.0 Å². The Morgan fingerprint density at radius 2 is 2.04 bits per heavy atom. The Hall–Kier alpha value is -2.32. The first kappa shape index (κ1) is 16.8. The molecule has 0 radical (unpaired) electrons. The first-order valence-electron chi connectivity index (χ1n) is 9.46. The number of benzene rings is 1. The molecular formula is C19H21N5O2S. The normalized spacial score (nSPS) is 21.2. The van der Waals surface area contributed by atoms with Crippen LogP contribution in [0.2, 0.25) is 0 Å². The SMILES string of the molecule is O=C(c1cnsn1)N1CCC(n2c(C3CCCO3)nc3ccccc32)CC1. The van der Waals surface area contributed by atoms with Crippen LogP contribution in [0.5, 0.6) is 0 Å². The predicted octanol–water partition coefficient (Wildman–Crippen LogP) is 3.22. The lowest BCUT2D eigenvalue weighted by Crippen LogP contribution is -2.39. The number of fused-ring (bicyclic) bond motifs is 1. The minimum Gasteiger partial charge on any atom is -0.370 e. The highest BCUT2D eigenvalue weighted by Crippen LogP contribution is 2.35. The Kier molecular flexibility index (Phi) is 4.37. The van der Waals surface area contributed by atoms with Gasteiger partial charge in [0.15, 0.2) is 5.69 Å². The van der Waals surface area contributed by atoms with E-state index in [1.807, 2.05) is 11.0 Å². The first-order valence-corrected chi connectivity index (χ1v) is 10.2. The van der Waals surface area contributed by atoms with E-state index in [0.29, 0.717) is 11.7 Å². The largest absolute Gasteiger partial charge is 0.370 e. The molecule has 2 fully saturated rings. The number of likely N-dealkylation sites (tertiary alicyclic amines) is 1. The summed E-state index contributed by atoms with van der Waals surface area (Å²) in [6.45, 7) is 2.25. The maximum Gasteiger partial charge on any atom is 0.275 e. The van der Waals surface area contributed by atoms with Crippen LogP contribution in [-0.4, -0.2) is 48.8 Å². The van der Waals surface area contributed by atoms with Crippen LogP contribution in [0.3, 0.4) is 0 Å². The van der Waals surface area contributed by atoms with Crippen molar-refractivity contribution < 1.29 is 9.53 Å². The number of rotatable bonds is 3. The molecule has 0 aliphatic carbocycles. The molecule has 0 N–H and O–H groups in total. The third-order valence-electron chi connectivity index (χ3n) is 5.54. The van der Waals surface area contributed by atoms with E-state index in [2.05, 4.69) is 31.5 Å². The van der Waals surface area contributed by atoms with Crippen molar-refractivity contribution in [3.8, 4) is 0 Å². The van der Waals surface area contributed by atoms with Crippen molar-refractivity contribution in [2.24, 2.45) is 0 Å². The summed E-state index contributed by atoms with van der Waals surface area (Å²) in [6.07, 6.45) is 5.56. The van der Waals surface area contributed by atoms with Crippen molar-refractivity contribution in [3.05, 3.63) is 42.0 Å². The molecule has 0 spiro atoms. The molecule has 2 aliphatic rings. The fourth-order valence-electron chi connectivity index (χ4n) is 4.20. The average molecular weight is 383 g/mol. The Labute approximate surface area is 161 Å². The lowest BCUT2D eigenvalue weighted by molar-refractivity contribution is 0.0677. The molecule has 2 aliphatic heterocycles. The van der Waals surface area contributed by atoms with E-state index in [4.69, 9.17) is 9.72 Å².